The topological polar surface area (TPSA) is 58.4 Å². The summed E-state index contributed by atoms with van der Waals surface area (Å²) in [6.45, 7) is 7.09. The molecule has 1 aromatic heterocycles. The molecule has 1 saturated heterocycles. The van der Waals surface area contributed by atoms with Crippen molar-refractivity contribution in [2.24, 2.45) is 7.05 Å². The predicted molar refractivity (Wildman–Crippen MR) is 112 cm³/mol. The Hall–Kier alpha value is -2.63. The molecule has 0 radical (unpaired) electrons. The fraction of sp³-hybridized carbons (Fsp3) is 0.522. The maximum absolute atomic E-state index is 13.1. The van der Waals surface area contributed by atoms with Gasteiger partial charge in [0.15, 0.2) is 0 Å². The summed E-state index contributed by atoms with van der Waals surface area (Å²) in [6, 6.07) is 6.01. The van der Waals surface area contributed by atoms with Gasteiger partial charge in [0.1, 0.15) is 0 Å². The van der Waals surface area contributed by atoms with E-state index >= 15 is 0 Å². The van der Waals surface area contributed by atoms with E-state index in [2.05, 4.69) is 6.07 Å². The summed E-state index contributed by atoms with van der Waals surface area (Å²) in [5.41, 5.74) is 6.25. The van der Waals surface area contributed by atoms with Crippen molar-refractivity contribution in [2.45, 2.75) is 52.5 Å². The number of likely N-dealkylation sites (tertiary alicyclic amines) is 1. The van der Waals surface area contributed by atoms with Gasteiger partial charge in [-0.1, -0.05) is 17.2 Å². The second kappa shape index (κ2) is 8.01. The van der Waals surface area contributed by atoms with Crippen LogP contribution in [0.3, 0.4) is 0 Å². The molecular formula is C23H30N4O2. The van der Waals surface area contributed by atoms with Gasteiger partial charge in [-0.05, 0) is 38.8 Å². The van der Waals surface area contributed by atoms with Crippen LogP contribution < -0.4 is 0 Å². The zero-order valence-electron chi connectivity index (χ0n) is 17.7. The largest absolute Gasteiger partial charge is 0.343 e. The van der Waals surface area contributed by atoms with Crippen molar-refractivity contribution in [3.63, 3.8) is 0 Å². The molecule has 2 aliphatic rings. The number of benzene rings is 1. The minimum Gasteiger partial charge on any atom is -0.343 e. The molecule has 3 heterocycles. The van der Waals surface area contributed by atoms with Crippen LogP contribution in [0.2, 0.25) is 0 Å². The van der Waals surface area contributed by atoms with Crippen molar-refractivity contribution in [2.75, 3.05) is 19.6 Å². The van der Waals surface area contributed by atoms with Gasteiger partial charge in [0.05, 0.1) is 5.69 Å². The van der Waals surface area contributed by atoms with Gasteiger partial charge in [-0.15, -0.1) is 0 Å². The minimum atomic E-state index is 0.0744. The molecular weight excluding hydrogens is 364 g/mol. The first-order valence-corrected chi connectivity index (χ1v) is 10.6. The molecule has 0 atom stereocenters. The monoisotopic (exact) mass is 394 g/mol. The lowest BCUT2D eigenvalue weighted by Gasteiger charge is -2.28. The Bertz CT molecular complexity index is 920. The van der Waals surface area contributed by atoms with Crippen LogP contribution in [0.15, 0.2) is 18.2 Å². The van der Waals surface area contributed by atoms with Crippen LogP contribution in [-0.2, 0) is 31.2 Å². The fourth-order valence-corrected chi connectivity index (χ4v) is 4.67. The average molecular weight is 395 g/mol. The van der Waals surface area contributed by atoms with Gasteiger partial charge in [-0.2, -0.15) is 5.10 Å². The van der Waals surface area contributed by atoms with Crippen molar-refractivity contribution in [1.82, 2.24) is 19.6 Å². The van der Waals surface area contributed by atoms with Gasteiger partial charge >= 0.3 is 0 Å². The highest BCUT2D eigenvalue weighted by Crippen LogP contribution is 2.25. The van der Waals surface area contributed by atoms with Crippen LogP contribution in [0, 0.1) is 13.8 Å². The van der Waals surface area contributed by atoms with Gasteiger partial charge in [-0.3, -0.25) is 14.3 Å². The molecule has 4 rings (SSSR count). The summed E-state index contributed by atoms with van der Waals surface area (Å²) >= 11 is 0. The third kappa shape index (κ3) is 4.07. The summed E-state index contributed by atoms with van der Waals surface area (Å²) in [5.74, 6) is 0.297. The number of hydrogen-bond acceptors (Lipinski definition) is 3. The number of amides is 2. The zero-order chi connectivity index (χ0) is 20.5. The molecule has 6 heteroatoms. The molecule has 29 heavy (non-hydrogen) atoms. The molecule has 2 amide bonds. The van der Waals surface area contributed by atoms with E-state index in [1.54, 1.807) is 0 Å². The molecule has 0 bridgehead atoms. The van der Waals surface area contributed by atoms with Crippen LogP contribution in [0.25, 0.3) is 0 Å². The lowest BCUT2D eigenvalue weighted by Crippen LogP contribution is -2.36. The van der Waals surface area contributed by atoms with E-state index < -0.39 is 0 Å². The summed E-state index contributed by atoms with van der Waals surface area (Å²) in [6.07, 6.45) is 4.16. The normalized spacial score (nSPS) is 16.2. The summed E-state index contributed by atoms with van der Waals surface area (Å²) in [4.78, 5) is 29.4. The molecule has 1 fully saturated rings. The van der Waals surface area contributed by atoms with Crippen LogP contribution in [0.1, 0.15) is 57.7 Å². The molecule has 0 N–H and O–H groups in total. The van der Waals surface area contributed by atoms with E-state index in [0.29, 0.717) is 25.9 Å². The lowest BCUT2D eigenvalue weighted by atomic mass is 10.0. The standard InChI is InChI=1S/C23H30N4O2/c1-16-12-17(2)14-18(13-16)23(29)27-11-8-21-19(15-27)20(24-25(21)3)6-7-22(28)26-9-4-5-10-26/h12-14H,4-11,15H2,1-3H3. The van der Waals surface area contributed by atoms with Crippen molar-refractivity contribution in [3.05, 3.63) is 51.8 Å². The Labute approximate surface area is 172 Å². The van der Waals surface area contributed by atoms with Crippen molar-refractivity contribution in [1.29, 1.82) is 0 Å². The third-order valence-corrected chi connectivity index (χ3v) is 6.12. The second-order valence-corrected chi connectivity index (χ2v) is 8.44. The molecule has 2 aliphatic heterocycles. The van der Waals surface area contributed by atoms with E-state index in [4.69, 9.17) is 5.10 Å². The highest BCUT2D eigenvalue weighted by molar-refractivity contribution is 5.94. The molecule has 1 aromatic carbocycles. The first-order valence-electron chi connectivity index (χ1n) is 10.6. The third-order valence-electron chi connectivity index (χ3n) is 6.12. The molecule has 0 aliphatic carbocycles. The van der Waals surface area contributed by atoms with Crippen LogP contribution in [0.5, 0.6) is 0 Å². The zero-order valence-corrected chi connectivity index (χ0v) is 17.7. The van der Waals surface area contributed by atoms with E-state index in [9.17, 15) is 9.59 Å². The predicted octanol–water partition coefficient (Wildman–Crippen LogP) is 2.79. The SMILES string of the molecule is Cc1cc(C)cc(C(=O)N2CCc3c(c(CCC(=O)N4CCCC4)nn3C)C2)c1. The maximum atomic E-state index is 13.1. The molecule has 154 valence electrons. The van der Waals surface area contributed by atoms with Crippen LogP contribution >= 0.6 is 0 Å². The summed E-state index contributed by atoms with van der Waals surface area (Å²) < 4.78 is 1.93. The molecule has 0 unspecified atom stereocenters. The fourth-order valence-electron chi connectivity index (χ4n) is 4.67. The number of rotatable bonds is 4. The van der Waals surface area contributed by atoms with Gasteiger partial charge in [0, 0.05) is 69.3 Å². The van der Waals surface area contributed by atoms with Gasteiger partial charge in [0.25, 0.3) is 5.91 Å². The molecule has 0 saturated carbocycles. The van der Waals surface area contributed by atoms with E-state index in [1.807, 2.05) is 47.5 Å². The Balaban J connectivity index is 1.49. The van der Waals surface area contributed by atoms with Gasteiger partial charge in [0.2, 0.25) is 5.91 Å². The Morgan fingerprint density at radius 2 is 1.69 bits per heavy atom. The quantitative estimate of drug-likeness (QED) is 0.801. The number of nitrogens with zero attached hydrogens (tertiary/aromatic N) is 4. The number of carbonyl (C=O) groups excluding carboxylic acids is 2. The second-order valence-electron chi connectivity index (χ2n) is 8.44. The summed E-state index contributed by atoms with van der Waals surface area (Å²) in [7, 11) is 1.96. The number of fused-ring (bicyclic) bond motifs is 1. The summed E-state index contributed by atoms with van der Waals surface area (Å²) in [5, 5.41) is 4.69. The van der Waals surface area contributed by atoms with Gasteiger partial charge < -0.3 is 9.80 Å². The first kappa shape index (κ1) is 19.7. The van der Waals surface area contributed by atoms with E-state index in [1.165, 1.54) is 5.69 Å². The smallest absolute Gasteiger partial charge is 0.254 e. The van der Waals surface area contributed by atoms with Crippen LogP contribution in [0.4, 0.5) is 0 Å². The highest BCUT2D eigenvalue weighted by atomic mass is 16.2. The number of aromatic nitrogens is 2. The van der Waals surface area contributed by atoms with E-state index in [0.717, 1.165) is 60.3 Å². The number of hydrogen-bond donors (Lipinski definition) is 0. The minimum absolute atomic E-state index is 0.0744. The Kier molecular flexibility index (Phi) is 5.43. The highest BCUT2D eigenvalue weighted by Gasteiger charge is 2.28. The number of carbonyl (C=O) groups is 2. The molecule has 6 nitrogen and oxygen atoms in total. The maximum Gasteiger partial charge on any atom is 0.254 e. The Morgan fingerprint density at radius 3 is 2.38 bits per heavy atom. The first-order chi connectivity index (χ1) is 13.9. The molecule has 2 aromatic rings. The Morgan fingerprint density at radius 1 is 1.00 bits per heavy atom. The lowest BCUT2D eigenvalue weighted by molar-refractivity contribution is -0.130. The van der Waals surface area contributed by atoms with Crippen molar-refractivity contribution < 1.29 is 9.59 Å². The van der Waals surface area contributed by atoms with E-state index in [-0.39, 0.29) is 11.8 Å². The van der Waals surface area contributed by atoms with Crippen molar-refractivity contribution in [3.8, 4) is 0 Å². The number of aryl methyl sites for hydroxylation is 4. The van der Waals surface area contributed by atoms with Crippen LogP contribution in [-0.4, -0.2) is 51.0 Å². The van der Waals surface area contributed by atoms with Gasteiger partial charge in [-0.25, -0.2) is 0 Å². The van der Waals surface area contributed by atoms with Crippen molar-refractivity contribution >= 4 is 11.8 Å². The average Bonchev–Trinajstić information content (AvgIpc) is 3.33. The molecule has 0 spiro atoms.